The molecule has 3 heteroatoms. The number of hydrogen-bond donors (Lipinski definition) is 0. The van der Waals surface area contributed by atoms with Gasteiger partial charge in [-0.1, -0.05) is 91.0 Å². The summed E-state index contributed by atoms with van der Waals surface area (Å²) in [6, 6.07) is 47.5. The van der Waals surface area contributed by atoms with E-state index >= 15 is 0 Å². The lowest BCUT2D eigenvalue weighted by Gasteiger charge is -2.14. The molecule has 0 N–H and O–H groups in total. The summed E-state index contributed by atoms with van der Waals surface area (Å²) in [5.41, 5.74) is 8.75. The average Bonchev–Trinajstić information content (AvgIpc) is 3.65. The molecule has 0 bridgehead atoms. The number of rotatable bonds is 2. The number of hydrogen-bond acceptors (Lipinski definition) is 1. The van der Waals surface area contributed by atoms with Crippen molar-refractivity contribution in [2.75, 3.05) is 0 Å². The van der Waals surface area contributed by atoms with Crippen LogP contribution in [0.1, 0.15) is 0 Å². The largest absolute Gasteiger partial charge is 0.454 e. The molecule has 39 heavy (non-hydrogen) atoms. The average molecular weight is 499 g/mol. The quantitative estimate of drug-likeness (QED) is 0.233. The zero-order chi connectivity index (χ0) is 25.5. The van der Waals surface area contributed by atoms with Crippen LogP contribution in [0.3, 0.4) is 0 Å². The van der Waals surface area contributed by atoms with Crippen molar-refractivity contribution in [3.8, 4) is 11.4 Å². The molecule has 9 aromatic rings. The Hall–Kier alpha value is -5.28. The molecular weight excluding hydrogens is 476 g/mol. The first-order valence-electron chi connectivity index (χ1n) is 13.3. The van der Waals surface area contributed by atoms with Gasteiger partial charge in [-0.15, -0.1) is 0 Å². The van der Waals surface area contributed by atoms with Gasteiger partial charge in [0.05, 0.1) is 27.8 Å². The van der Waals surface area contributed by atoms with Crippen molar-refractivity contribution in [2.24, 2.45) is 0 Å². The first kappa shape index (κ1) is 20.7. The first-order valence-corrected chi connectivity index (χ1v) is 13.3. The van der Waals surface area contributed by atoms with Gasteiger partial charge >= 0.3 is 0 Å². The Balaban J connectivity index is 1.54. The molecule has 6 aromatic carbocycles. The molecule has 0 saturated heterocycles. The molecular formula is C36H22N2O. The van der Waals surface area contributed by atoms with Crippen molar-refractivity contribution >= 4 is 65.6 Å². The maximum Gasteiger partial charge on any atom is 0.160 e. The van der Waals surface area contributed by atoms with Crippen molar-refractivity contribution in [2.45, 2.75) is 0 Å². The summed E-state index contributed by atoms with van der Waals surface area (Å²) in [6.07, 6.45) is 0. The number of nitrogens with zero attached hydrogens (tertiary/aromatic N) is 2. The molecule has 3 aromatic heterocycles. The number of para-hydroxylation sites is 5. The summed E-state index contributed by atoms with van der Waals surface area (Å²) in [5, 5.41) is 7.16. The lowest BCUT2D eigenvalue weighted by molar-refractivity contribution is 0.671. The minimum atomic E-state index is 0.911. The molecule has 0 atom stereocenters. The van der Waals surface area contributed by atoms with Crippen molar-refractivity contribution in [3.63, 3.8) is 0 Å². The van der Waals surface area contributed by atoms with E-state index in [1.54, 1.807) is 0 Å². The summed E-state index contributed by atoms with van der Waals surface area (Å²) in [5.74, 6) is 0. The molecule has 0 aliphatic rings. The Morgan fingerprint density at radius 1 is 0.385 bits per heavy atom. The van der Waals surface area contributed by atoms with Crippen LogP contribution in [0.5, 0.6) is 0 Å². The van der Waals surface area contributed by atoms with E-state index in [1.165, 1.54) is 32.6 Å². The van der Waals surface area contributed by atoms with Crippen LogP contribution in [0.15, 0.2) is 138 Å². The summed E-state index contributed by atoms with van der Waals surface area (Å²) >= 11 is 0. The third-order valence-electron chi connectivity index (χ3n) is 8.11. The van der Waals surface area contributed by atoms with Gasteiger partial charge in [-0.3, -0.25) is 0 Å². The zero-order valence-corrected chi connectivity index (χ0v) is 21.0. The highest BCUT2D eigenvalue weighted by Gasteiger charge is 2.22. The van der Waals surface area contributed by atoms with Gasteiger partial charge in [0.1, 0.15) is 5.58 Å². The SMILES string of the molecule is c1ccc(-n2c3ccccc3c3cccc(-n4c5ccccc5c5ccc6c7ccccc7oc6c54)c32)cc1. The third kappa shape index (κ3) is 2.71. The minimum absolute atomic E-state index is 0.911. The maximum atomic E-state index is 6.62. The molecule has 0 unspecified atom stereocenters. The van der Waals surface area contributed by atoms with Gasteiger partial charge in [0.15, 0.2) is 5.58 Å². The predicted octanol–water partition coefficient (Wildman–Crippen LogP) is 9.78. The second kappa shape index (κ2) is 7.62. The Labute approximate surface area is 223 Å². The molecule has 0 aliphatic carbocycles. The van der Waals surface area contributed by atoms with Gasteiger partial charge in [0, 0.05) is 38.0 Å². The summed E-state index contributed by atoms with van der Waals surface area (Å²) in [7, 11) is 0. The van der Waals surface area contributed by atoms with Gasteiger partial charge in [-0.2, -0.15) is 0 Å². The van der Waals surface area contributed by atoms with Crippen LogP contribution in [-0.2, 0) is 0 Å². The summed E-state index contributed by atoms with van der Waals surface area (Å²) in [6.45, 7) is 0. The lowest BCUT2D eigenvalue weighted by atomic mass is 10.1. The molecule has 3 nitrogen and oxygen atoms in total. The van der Waals surface area contributed by atoms with Gasteiger partial charge in [-0.05, 0) is 42.5 Å². The van der Waals surface area contributed by atoms with Gasteiger partial charge in [0.25, 0.3) is 0 Å². The number of furan rings is 1. The van der Waals surface area contributed by atoms with Crippen molar-refractivity contribution in [3.05, 3.63) is 133 Å². The topological polar surface area (TPSA) is 23.0 Å². The van der Waals surface area contributed by atoms with E-state index in [9.17, 15) is 0 Å². The smallest absolute Gasteiger partial charge is 0.160 e. The predicted molar refractivity (Wildman–Crippen MR) is 162 cm³/mol. The number of fused-ring (bicyclic) bond motifs is 10. The van der Waals surface area contributed by atoms with E-state index in [2.05, 4.69) is 137 Å². The van der Waals surface area contributed by atoms with Gasteiger partial charge < -0.3 is 13.6 Å². The highest BCUT2D eigenvalue weighted by atomic mass is 16.3. The van der Waals surface area contributed by atoms with Crippen LogP contribution >= 0.6 is 0 Å². The molecule has 0 fully saturated rings. The van der Waals surface area contributed by atoms with Crippen LogP contribution < -0.4 is 0 Å². The first-order chi connectivity index (χ1) is 19.4. The minimum Gasteiger partial charge on any atom is -0.454 e. The molecule has 0 radical (unpaired) electrons. The molecule has 9 rings (SSSR count). The van der Waals surface area contributed by atoms with E-state index in [0.29, 0.717) is 0 Å². The van der Waals surface area contributed by atoms with Crippen LogP contribution in [0.2, 0.25) is 0 Å². The molecule has 0 amide bonds. The van der Waals surface area contributed by atoms with E-state index in [0.717, 1.165) is 44.3 Å². The maximum absolute atomic E-state index is 6.62. The van der Waals surface area contributed by atoms with E-state index in [-0.39, 0.29) is 0 Å². The van der Waals surface area contributed by atoms with Crippen molar-refractivity contribution < 1.29 is 4.42 Å². The summed E-state index contributed by atoms with van der Waals surface area (Å²) in [4.78, 5) is 0. The Morgan fingerprint density at radius 2 is 0.974 bits per heavy atom. The molecule has 182 valence electrons. The lowest BCUT2D eigenvalue weighted by Crippen LogP contribution is -2.00. The van der Waals surface area contributed by atoms with Crippen molar-refractivity contribution in [1.29, 1.82) is 0 Å². The van der Waals surface area contributed by atoms with Crippen LogP contribution in [0, 0.1) is 0 Å². The summed E-state index contributed by atoms with van der Waals surface area (Å²) < 4.78 is 11.4. The fraction of sp³-hybridized carbons (Fsp3) is 0. The molecule has 0 aliphatic heterocycles. The van der Waals surface area contributed by atoms with Crippen LogP contribution in [0.25, 0.3) is 76.9 Å². The monoisotopic (exact) mass is 498 g/mol. The fourth-order valence-corrected chi connectivity index (χ4v) is 6.51. The third-order valence-corrected chi connectivity index (χ3v) is 8.11. The van der Waals surface area contributed by atoms with Crippen LogP contribution in [-0.4, -0.2) is 9.13 Å². The van der Waals surface area contributed by atoms with Crippen molar-refractivity contribution in [1.82, 2.24) is 9.13 Å². The second-order valence-electron chi connectivity index (χ2n) is 10.2. The van der Waals surface area contributed by atoms with Gasteiger partial charge in [0.2, 0.25) is 0 Å². The highest BCUT2D eigenvalue weighted by Crippen LogP contribution is 2.43. The van der Waals surface area contributed by atoms with E-state index in [4.69, 9.17) is 4.42 Å². The second-order valence-corrected chi connectivity index (χ2v) is 10.2. The number of benzene rings is 6. The number of aromatic nitrogens is 2. The highest BCUT2D eigenvalue weighted by molar-refractivity contribution is 6.22. The fourth-order valence-electron chi connectivity index (χ4n) is 6.51. The molecule has 3 heterocycles. The Bertz CT molecular complexity index is 2390. The Morgan fingerprint density at radius 3 is 1.77 bits per heavy atom. The van der Waals surface area contributed by atoms with E-state index < -0.39 is 0 Å². The zero-order valence-electron chi connectivity index (χ0n) is 21.0. The van der Waals surface area contributed by atoms with E-state index in [1.807, 2.05) is 6.07 Å². The molecule has 0 spiro atoms. The van der Waals surface area contributed by atoms with Crippen LogP contribution in [0.4, 0.5) is 0 Å². The Kier molecular flexibility index (Phi) is 4.05. The molecule has 0 saturated carbocycles. The normalized spacial score (nSPS) is 12.1. The standard InChI is InChI=1S/C36H22N2O/c1-2-11-23(12-3-1)37-30-17-7-4-13-24(30)27-16-10-19-32(34(27)37)38-31-18-8-5-14-25(31)28-21-22-29-26-15-6-9-20-33(26)39-36(29)35(28)38/h1-22H. The van der Waals surface area contributed by atoms with Gasteiger partial charge in [-0.25, -0.2) is 0 Å².